The molecule has 2 amide bonds. The minimum atomic E-state index is -0.760. The van der Waals surface area contributed by atoms with Gasteiger partial charge in [0.15, 0.2) is 0 Å². The van der Waals surface area contributed by atoms with Crippen LogP contribution in [0.3, 0.4) is 0 Å². The van der Waals surface area contributed by atoms with E-state index in [4.69, 9.17) is 4.74 Å². The lowest BCUT2D eigenvalue weighted by molar-refractivity contribution is -0.149. The lowest BCUT2D eigenvalue weighted by Gasteiger charge is -2.35. The number of amides is 2. The normalized spacial score (nSPS) is 27.0. The first-order chi connectivity index (χ1) is 11.2. The van der Waals surface area contributed by atoms with Crippen molar-refractivity contribution in [3.8, 4) is 5.75 Å². The number of benzene rings is 1. The summed E-state index contributed by atoms with van der Waals surface area (Å²) in [7, 11) is 0. The molecule has 2 saturated heterocycles. The number of fused-ring (bicyclic) bond motifs is 1. The zero-order chi connectivity index (χ0) is 17.5. The largest absolute Gasteiger partial charge is 0.488 e. The lowest BCUT2D eigenvalue weighted by Crippen LogP contribution is -2.63. The van der Waals surface area contributed by atoms with Gasteiger partial charge in [0.2, 0.25) is 11.8 Å². The first kappa shape index (κ1) is 16.8. The van der Waals surface area contributed by atoms with Crippen molar-refractivity contribution in [3.05, 3.63) is 29.8 Å². The SMILES string of the molecule is CC(C)(C)Oc1ccc(CC2NC(=O)C3C(O)CCN3C2=O)cc1. The number of aliphatic hydroxyl groups is 1. The topological polar surface area (TPSA) is 78.9 Å². The quantitative estimate of drug-likeness (QED) is 0.861. The van der Waals surface area contributed by atoms with Gasteiger partial charge in [-0.25, -0.2) is 0 Å². The molecule has 2 fully saturated rings. The molecule has 0 bridgehead atoms. The molecule has 1 aromatic carbocycles. The second-order valence-corrected chi connectivity index (χ2v) is 7.46. The fourth-order valence-corrected chi connectivity index (χ4v) is 3.28. The summed E-state index contributed by atoms with van der Waals surface area (Å²) in [5.41, 5.74) is 0.688. The van der Waals surface area contributed by atoms with Crippen molar-refractivity contribution < 1.29 is 19.4 Å². The van der Waals surface area contributed by atoms with Crippen LogP contribution in [0.4, 0.5) is 0 Å². The van der Waals surface area contributed by atoms with Crippen LogP contribution >= 0.6 is 0 Å². The predicted octanol–water partition coefficient (Wildman–Crippen LogP) is 0.867. The van der Waals surface area contributed by atoms with E-state index < -0.39 is 18.2 Å². The van der Waals surface area contributed by atoms with Gasteiger partial charge >= 0.3 is 0 Å². The average Bonchev–Trinajstić information content (AvgIpc) is 2.88. The minimum absolute atomic E-state index is 0.119. The summed E-state index contributed by atoms with van der Waals surface area (Å²) in [4.78, 5) is 26.2. The first-order valence-corrected chi connectivity index (χ1v) is 8.31. The van der Waals surface area contributed by atoms with Crippen LogP contribution < -0.4 is 10.1 Å². The van der Waals surface area contributed by atoms with Gasteiger partial charge in [-0.2, -0.15) is 0 Å². The Hall–Kier alpha value is -2.08. The summed E-state index contributed by atoms with van der Waals surface area (Å²) in [6.45, 7) is 6.39. The maximum Gasteiger partial charge on any atom is 0.246 e. The molecule has 1 aromatic rings. The van der Waals surface area contributed by atoms with Gasteiger partial charge in [-0.05, 0) is 44.9 Å². The van der Waals surface area contributed by atoms with Gasteiger partial charge in [-0.1, -0.05) is 12.1 Å². The number of rotatable bonds is 3. The van der Waals surface area contributed by atoms with Crippen molar-refractivity contribution >= 4 is 11.8 Å². The van der Waals surface area contributed by atoms with Crippen molar-refractivity contribution in [2.45, 2.75) is 57.4 Å². The molecule has 2 heterocycles. The number of nitrogens with zero attached hydrogens (tertiary/aromatic N) is 1. The Morgan fingerprint density at radius 2 is 1.92 bits per heavy atom. The zero-order valence-electron chi connectivity index (χ0n) is 14.3. The van der Waals surface area contributed by atoms with Crippen LogP contribution in [-0.2, 0) is 16.0 Å². The number of aliphatic hydroxyl groups excluding tert-OH is 1. The molecule has 3 atom stereocenters. The van der Waals surface area contributed by atoms with Crippen LogP contribution in [0.2, 0.25) is 0 Å². The Kier molecular flexibility index (Phi) is 4.25. The van der Waals surface area contributed by atoms with E-state index in [1.807, 2.05) is 45.0 Å². The molecule has 2 aliphatic rings. The van der Waals surface area contributed by atoms with E-state index >= 15 is 0 Å². The number of carbonyl (C=O) groups excluding carboxylic acids is 2. The molecular weight excluding hydrogens is 308 g/mol. The maximum absolute atomic E-state index is 12.5. The molecule has 0 saturated carbocycles. The average molecular weight is 332 g/mol. The molecule has 2 N–H and O–H groups in total. The number of hydrogen-bond acceptors (Lipinski definition) is 4. The van der Waals surface area contributed by atoms with E-state index in [0.29, 0.717) is 19.4 Å². The van der Waals surface area contributed by atoms with Crippen molar-refractivity contribution in [1.29, 1.82) is 0 Å². The molecule has 24 heavy (non-hydrogen) atoms. The number of carbonyl (C=O) groups is 2. The predicted molar refractivity (Wildman–Crippen MR) is 88.6 cm³/mol. The Bertz CT molecular complexity index is 635. The summed E-state index contributed by atoms with van der Waals surface area (Å²) in [6.07, 6.45) is 0.124. The number of piperazine rings is 1. The molecule has 0 aromatic heterocycles. The molecule has 130 valence electrons. The van der Waals surface area contributed by atoms with E-state index in [2.05, 4.69) is 5.32 Å². The van der Waals surface area contributed by atoms with Crippen molar-refractivity contribution in [1.82, 2.24) is 10.2 Å². The minimum Gasteiger partial charge on any atom is -0.488 e. The van der Waals surface area contributed by atoms with Crippen LogP contribution in [0, 0.1) is 0 Å². The van der Waals surface area contributed by atoms with Crippen molar-refractivity contribution in [2.75, 3.05) is 6.54 Å². The highest BCUT2D eigenvalue weighted by Gasteiger charge is 2.47. The van der Waals surface area contributed by atoms with Gasteiger partial charge in [0.1, 0.15) is 23.4 Å². The van der Waals surface area contributed by atoms with Crippen molar-refractivity contribution in [3.63, 3.8) is 0 Å². The van der Waals surface area contributed by atoms with Gasteiger partial charge in [0, 0.05) is 13.0 Å². The fraction of sp³-hybridized carbons (Fsp3) is 0.556. The highest BCUT2D eigenvalue weighted by Crippen LogP contribution is 2.24. The van der Waals surface area contributed by atoms with E-state index in [1.165, 1.54) is 4.90 Å². The van der Waals surface area contributed by atoms with E-state index in [0.717, 1.165) is 11.3 Å². The van der Waals surface area contributed by atoms with Crippen LogP contribution in [0.15, 0.2) is 24.3 Å². The second-order valence-electron chi connectivity index (χ2n) is 7.46. The number of nitrogens with one attached hydrogen (secondary N) is 1. The number of ether oxygens (including phenoxy) is 1. The standard InChI is InChI=1S/C18H24N2O4/c1-18(2,3)24-12-6-4-11(5-7-12)10-13-17(23)20-9-8-14(21)15(20)16(22)19-13/h4-7,13-15,21H,8-10H2,1-3H3,(H,19,22). The Balaban J connectivity index is 1.68. The van der Waals surface area contributed by atoms with Crippen LogP contribution in [-0.4, -0.2) is 52.2 Å². The molecule has 0 spiro atoms. The fourth-order valence-electron chi connectivity index (χ4n) is 3.28. The lowest BCUT2D eigenvalue weighted by atomic mass is 10.00. The third kappa shape index (κ3) is 3.38. The summed E-state index contributed by atoms with van der Waals surface area (Å²) < 4.78 is 5.78. The van der Waals surface area contributed by atoms with Gasteiger partial charge in [-0.3, -0.25) is 9.59 Å². The Morgan fingerprint density at radius 1 is 1.25 bits per heavy atom. The summed E-state index contributed by atoms with van der Waals surface area (Å²) in [6, 6.07) is 6.26. The molecule has 3 unspecified atom stereocenters. The van der Waals surface area contributed by atoms with Crippen LogP contribution in [0.1, 0.15) is 32.8 Å². The monoisotopic (exact) mass is 332 g/mol. The van der Waals surface area contributed by atoms with Gasteiger partial charge in [0.25, 0.3) is 0 Å². The molecule has 2 aliphatic heterocycles. The highest BCUT2D eigenvalue weighted by atomic mass is 16.5. The second kappa shape index (κ2) is 6.09. The first-order valence-electron chi connectivity index (χ1n) is 8.31. The van der Waals surface area contributed by atoms with Gasteiger partial charge < -0.3 is 20.1 Å². The molecule has 0 aliphatic carbocycles. The molecule has 6 heteroatoms. The van der Waals surface area contributed by atoms with Crippen LogP contribution in [0.25, 0.3) is 0 Å². The summed E-state index contributed by atoms with van der Waals surface area (Å²) >= 11 is 0. The molecular formula is C18H24N2O4. The molecule has 6 nitrogen and oxygen atoms in total. The zero-order valence-corrected chi connectivity index (χ0v) is 14.3. The van der Waals surface area contributed by atoms with Crippen LogP contribution in [0.5, 0.6) is 5.75 Å². The number of hydrogen-bond donors (Lipinski definition) is 2. The van der Waals surface area contributed by atoms with E-state index in [1.54, 1.807) is 0 Å². The Morgan fingerprint density at radius 3 is 2.54 bits per heavy atom. The third-order valence-electron chi connectivity index (χ3n) is 4.32. The molecule has 0 radical (unpaired) electrons. The molecule has 3 rings (SSSR count). The van der Waals surface area contributed by atoms with Gasteiger partial charge in [-0.15, -0.1) is 0 Å². The highest BCUT2D eigenvalue weighted by molar-refractivity contribution is 5.98. The summed E-state index contributed by atoms with van der Waals surface area (Å²) in [5, 5.41) is 12.6. The Labute approximate surface area is 141 Å². The smallest absolute Gasteiger partial charge is 0.246 e. The van der Waals surface area contributed by atoms with Gasteiger partial charge in [0.05, 0.1) is 6.10 Å². The maximum atomic E-state index is 12.5. The summed E-state index contributed by atoms with van der Waals surface area (Å²) in [5.74, 6) is 0.386. The van der Waals surface area contributed by atoms with E-state index in [9.17, 15) is 14.7 Å². The third-order valence-corrected chi connectivity index (χ3v) is 4.32. The van der Waals surface area contributed by atoms with E-state index in [-0.39, 0.29) is 17.4 Å². The van der Waals surface area contributed by atoms with Crippen molar-refractivity contribution in [2.24, 2.45) is 0 Å².